The second-order valence-electron chi connectivity index (χ2n) is 11.6. The largest absolute Gasteiger partial charge is 0.396 e. The molecule has 6 nitrogen and oxygen atoms in total. The van der Waals surface area contributed by atoms with Gasteiger partial charge in [-0.3, -0.25) is 14.6 Å². The van der Waals surface area contributed by atoms with E-state index in [4.69, 9.17) is 10.5 Å². The number of piperidine rings is 1. The lowest BCUT2D eigenvalue weighted by Gasteiger charge is -2.36. The molecule has 7 heteroatoms. The topological polar surface area (TPSA) is 85.0 Å². The summed E-state index contributed by atoms with van der Waals surface area (Å²) in [6, 6.07) is 9.64. The number of likely N-dealkylation sites (tertiary alicyclic amines) is 1. The first-order valence-electron chi connectivity index (χ1n) is 14.6. The number of ketones is 1. The van der Waals surface area contributed by atoms with Crippen LogP contribution in [-0.4, -0.2) is 59.8 Å². The average Bonchev–Trinajstić information content (AvgIpc) is 3.36. The van der Waals surface area contributed by atoms with Crippen molar-refractivity contribution in [2.45, 2.75) is 111 Å². The number of nitrogens with zero attached hydrogens (tertiary/aromatic N) is 2. The molecule has 1 aromatic carbocycles. The normalized spacial score (nSPS) is 20.8. The third-order valence-electron chi connectivity index (χ3n) is 7.52. The molecule has 0 aromatic heterocycles. The van der Waals surface area contributed by atoms with Crippen LogP contribution in [0.3, 0.4) is 0 Å². The lowest BCUT2D eigenvalue weighted by atomic mass is 9.87. The van der Waals surface area contributed by atoms with E-state index in [1.165, 1.54) is 13.3 Å². The summed E-state index contributed by atoms with van der Waals surface area (Å²) in [5.41, 5.74) is 7.39. The highest BCUT2D eigenvalue weighted by Gasteiger charge is 2.36. The fourth-order valence-electron chi connectivity index (χ4n) is 5.18. The number of hydrogen-bond donors (Lipinski definition) is 1. The first kappa shape index (κ1) is 32.7. The number of ether oxygens (including phenoxy) is 1. The minimum Gasteiger partial charge on any atom is -0.396 e. The molecule has 1 aromatic rings. The number of rotatable bonds is 10. The highest BCUT2D eigenvalue weighted by Crippen LogP contribution is 2.30. The summed E-state index contributed by atoms with van der Waals surface area (Å²) < 4.78 is 20.8. The number of Topliss-reactive ketones (excluding diaryl/α,β-unsaturated/α-hetero) is 1. The van der Waals surface area contributed by atoms with E-state index in [-0.39, 0.29) is 23.9 Å². The maximum atomic E-state index is 15.1. The fourth-order valence-corrected chi connectivity index (χ4v) is 5.18. The third-order valence-corrected chi connectivity index (χ3v) is 7.52. The smallest absolute Gasteiger partial charge is 0.244 e. The van der Waals surface area contributed by atoms with Gasteiger partial charge in [0.05, 0.1) is 17.9 Å². The van der Waals surface area contributed by atoms with Crippen LogP contribution in [0.15, 0.2) is 46.6 Å². The second-order valence-corrected chi connectivity index (χ2v) is 11.6. The van der Waals surface area contributed by atoms with E-state index in [0.717, 1.165) is 48.4 Å². The van der Waals surface area contributed by atoms with Crippen molar-refractivity contribution in [2.75, 3.05) is 19.6 Å². The number of carbonyl (C=O) groups excluding carboxylic acids is 2. The summed E-state index contributed by atoms with van der Waals surface area (Å²) in [6.07, 6.45) is 6.55. The van der Waals surface area contributed by atoms with E-state index in [9.17, 15) is 9.59 Å². The molecule has 2 fully saturated rings. The van der Waals surface area contributed by atoms with Crippen LogP contribution >= 0.6 is 0 Å². The van der Waals surface area contributed by atoms with Crippen LogP contribution in [0.25, 0.3) is 0 Å². The number of hydrogen-bond acceptors (Lipinski definition) is 5. The Morgan fingerprint density at radius 3 is 2.28 bits per heavy atom. The molecule has 39 heavy (non-hydrogen) atoms. The molecular formula is C32H50FN3O3. The second kappa shape index (κ2) is 15.9. The van der Waals surface area contributed by atoms with Gasteiger partial charge in [-0.25, -0.2) is 4.39 Å². The number of benzene rings is 1. The molecule has 2 atom stereocenters. The third kappa shape index (κ3) is 11.2. The summed E-state index contributed by atoms with van der Waals surface area (Å²) in [6.45, 7) is 13.2. The highest BCUT2D eigenvalue weighted by molar-refractivity contribution is 6.09. The zero-order chi connectivity index (χ0) is 29.0. The van der Waals surface area contributed by atoms with Gasteiger partial charge in [0.25, 0.3) is 0 Å². The Balaban J connectivity index is 0.000000411. The Labute approximate surface area is 235 Å². The Morgan fingerprint density at radius 1 is 1.08 bits per heavy atom. The van der Waals surface area contributed by atoms with Gasteiger partial charge in [0.15, 0.2) is 5.78 Å². The quantitative estimate of drug-likeness (QED) is 0.355. The molecule has 2 N–H and O–H groups in total. The average molecular weight is 544 g/mol. The molecule has 0 spiro atoms. The van der Waals surface area contributed by atoms with E-state index >= 15 is 4.39 Å². The summed E-state index contributed by atoms with van der Waals surface area (Å²) in [5.74, 6) is 0.487. The van der Waals surface area contributed by atoms with Crippen LogP contribution in [-0.2, 0) is 20.7 Å². The minimum atomic E-state index is -1.26. The van der Waals surface area contributed by atoms with Gasteiger partial charge in [-0.15, -0.1) is 0 Å². The van der Waals surface area contributed by atoms with Crippen molar-refractivity contribution in [2.24, 2.45) is 16.6 Å². The van der Waals surface area contributed by atoms with Gasteiger partial charge in [-0.05, 0) is 75.8 Å². The molecule has 0 bridgehead atoms. The highest BCUT2D eigenvalue weighted by atomic mass is 19.1. The van der Waals surface area contributed by atoms with Crippen molar-refractivity contribution < 1.29 is 18.7 Å². The van der Waals surface area contributed by atoms with Gasteiger partial charge in [0, 0.05) is 32.1 Å². The van der Waals surface area contributed by atoms with Gasteiger partial charge >= 0.3 is 0 Å². The zero-order valence-electron chi connectivity index (χ0n) is 25.0. The Kier molecular flexibility index (Phi) is 13.3. The van der Waals surface area contributed by atoms with Crippen LogP contribution in [0, 0.1) is 5.92 Å². The van der Waals surface area contributed by atoms with E-state index in [2.05, 4.69) is 39.6 Å². The number of alkyl halides is 1. The van der Waals surface area contributed by atoms with E-state index < -0.39 is 5.67 Å². The Bertz CT molecular complexity index is 982. The Morgan fingerprint density at radius 2 is 1.72 bits per heavy atom. The SMILES string of the molecule is CC(=O)/C(N)=C1\CCCC1=NCC(=O)N1CCC(F)(Cc2ccccc2)CC1.CCC(C)OC(C)CC(C)C. The fraction of sp³-hybridized carbons (Fsp3) is 0.656. The molecule has 1 aliphatic heterocycles. The van der Waals surface area contributed by atoms with Crippen molar-refractivity contribution in [1.82, 2.24) is 4.90 Å². The van der Waals surface area contributed by atoms with Crippen LogP contribution in [0.2, 0.25) is 0 Å². The predicted molar refractivity (Wildman–Crippen MR) is 158 cm³/mol. The van der Waals surface area contributed by atoms with Crippen molar-refractivity contribution in [3.63, 3.8) is 0 Å². The molecule has 1 aliphatic carbocycles. The van der Waals surface area contributed by atoms with Crippen LogP contribution < -0.4 is 5.73 Å². The first-order valence-corrected chi connectivity index (χ1v) is 14.6. The molecule has 0 radical (unpaired) electrons. The Hall–Kier alpha value is -2.54. The number of amides is 1. The van der Waals surface area contributed by atoms with E-state index in [1.807, 2.05) is 30.3 Å². The summed E-state index contributed by atoms with van der Waals surface area (Å²) >= 11 is 0. The summed E-state index contributed by atoms with van der Waals surface area (Å²) in [5, 5.41) is 0. The first-order chi connectivity index (χ1) is 18.4. The monoisotopic (exact) mass is 543 g/mol. The lowest BCUT2D eigenvalue weighted by molar-refractivity contribution is -0.132. The van der Waals surface area contributed by atoms with Gasteiger partial charge < -0.3 is 15.4 Å². The number of allylic oxidation sites excluding steroid dienone is 2. The van der Waals surface area contributed by atoms with E-state index in [1.54, 1.807) is 4.90 Å². The van der Waals surface area contributed by atoms with Crippen LogP contribution in [0.4, 0.5) is 4.39 Å². The molecule has 1 saturated carbocycles. The number of halogens is 1. The molecule has 1 heterocycles. The minimum absolute atomic E-state index is 0.0298. The molecule has 218 valence electrons. The van der Waals surface area contributed by atoms with Crippen molar-refractivity contribution in [1.29, 1.82) is 0 Å². The van der Waals surface area contributed by atoms with Crippen molar-refractivity contribution >= 4 is 17.4 Å². The van der Waals surface area contributed by atoms with Gasteiger partial charge in [0.2, 0.25) is 5.91 Å². The molecule has 1 amide bonds. The molecule has 1 saturated heterocycles. The van der Waals surface area contributed by atoms with Crippen molar-refractivity contribution in [3.05, 3.63) is 47.2 Å². The molecule has 2 aliphatic rings. The lowest BCUT2D eigenvalue weighted by Crippen LogP contribution is -2.46. The van der Waals surface area contributed by atoms with E-state index in [0.29, 0.717) is 44.6 Å². The van der Waals surface area contributed by atoms with Crippen molar-refractivity contribution in [3.8, 4) is 0 Å². The maximum Gasteiger partial charge on any atom is 0.244 e. The van der Waals surface area contributed by atoms with Gasteiger partial charge in [0.1, 0.15) is 12.2 Å². The standard InChI is InChI=1S/C22H28FN3O2.C10H22O/c1-16(27)21(24)18-8-5-9-19(18)25-15-20(28)26-12-10-22(23,11-13-26)14-17-6-3-2-4-7-17;1-6-9(4)11-10(5)7-8(2)3/h2-4,6-7H,5,8-15,24H2,1H3;8-10H,6-7H2,1-5H3/b21-18-,25-19?;. The van der Waals surface area contributed by atoms with Crippen LogP contribution in [0.5, 0.6) is 0 Å². The van der Waals surface area contributed by atoms with Crippen LogP contribution in [0.1, 0.15) is 92.1 Å². The molecule has 2 unspecified atom stereocenters. The maximum absolute atomic E-state index is 15.1. The molecule has 3 rings (SSSR count). The zero-order valence-corrected chi connectivity index (χ0v) is 25.0. The predicted octanol–water partition coefficient (Wildman–Crippen LogP) is 6.22. The number of carbonyl (C=O) groups is 2. The molecular weight excluding hydrogens is 493 g/mol. The van der Waals surface area contributed by atoms with Gasteiger partial charge in [-0.2, -0.15) is 0 Å². The summed E-state index contributed by atoms with van der Waals surface area (Å²) in [4.78, 5) is 30.1. The number of nitrogens with two attached hydrogens (primary N) is 1. The summed E-state index contributed by atoms with van der Waals surface area (Å²) in [7, 11) is 0. The van der Waals surface area contributed by atoms with Gasteiger partial charge in [-0.1, -0.05) is 51.1 Å². The number of aliphatic imine (C=N–C) groups is 1.